The summed E-state index contributed by atoms with van der Waals surface area (Å²) in [6, 6.07) is 14.2. The van der Waals surface area contributed by atoms with E-state index in [1.165, 1.54) is 11.6 Å². The molecular weight excluding hydrogens is 316 g/mol. The molecule has 6 heteroatoms. The van der Waals surface area contributed by atoms with Crippen LogP contribution in [0.1, 0.15) is 11.1 Å². The number of halogens is 2. The number of amidine groups is 1. The zero-order valence-electron chi connectivity index (χ0n) is 12.5. The smallest absolute Gasteiger partial charge is 0.159 e. The van der Waals surface area contributed by atoms with Gasteiger partial charge < -0.3 is 5.32 Å². The number of nitrogens with one attached hydrogen (secondary N) is 1. The van der Waals surface area contributed by atoms with Crippen LogP contribution in [0.3, 0.4) is 0 Å². The molecule has 1 aliphatic rings. The van der Waals surface area contributed by atoms with E-state index in [0.29, 0.717) is 19.9 Å². The van der Waals surface area contributed by atoms with E-state index in [4.69, 9.17) is 0 Å². The number of rotatable bonds is 4. The third-order valence-corrected chi connectivity index (χ3v) is 4.50. The van der Waals surface area contributed by atoms with Crippen LogP contribution in [0, 0.1) is 11.6 Å². The van der Waals surface area contributed by atoms with Gasteiger partial charge in [-0.2, -0.15) is 0 Å². The van der Waals surface area contributed by atoms with Gasteiger partial charge in [-0.25, -0.2) is 13.8 Å². The molecule has 0 aliphatic carbocycles. The quantitative estimate of drug-likeness (QED) is 0.927. The highest BCUT2D eigenvalue weighted by Gasteiger charge is 2.13. The molecule has 1 heterocycles. The standard InChI is InChI=1S/C17H17F2N3S/c18-15-7-6-14(8-16(15)19)9-22-11-20-17(21-12-22)23-10-13-4-2-1-3-5-13/h1-8H,9-12H2,(H,20,21). The SMILES string of the molecule is Fc1ccc(CN2CN=C(SCc3ccccc3)NC2)cc1F. The van der Waals surface area contributed by atoms with Gasteiger partial charge in [-0.05, 0) is 23.3 Å². The van der Waals surface area contributed by atoms with E-state index in [9.17, 15) is 8.78 Å². The topological polar surface area (TPSA) is 27.6 Å². The maximum Gasteiger partial charge on any atom is 0.159 e. The molecule has 1 aliphatic heterocycles. The Morgan fingerprint density at radius 1 is 1.04 bits per heavy atom. The first-order chi connectivity index (χ1) is 11.2. The maximum atomic E-state index is 13.2. The Kier molecular flexibility index (Phi) is 5.25. The zero-order valence-corrected chi connectivity index (χ0v) is 13.3. The maximum absolute atomic E-state index is 13.2. The van der Waals surface area contributed by atoms with E-state index in [2.05, 4.69) is 22.4 Å². The fourth-order valence-electron chi connectivity index (χ4n) is 2.27. The molecule has 2 aromatic carbocycles. The Balaban J connectivity index is 1.50. The van der Waals surface area contributed by atoms with Gasteiger partial charge in [0.25, 0.3) is 0 Å². The third kappa shape index (κ3) is 4.53. The lowest BCUT2D eigenvalue weighted by molar-refractivity contribution is 0.258. The summed E-state index contributed by atoms with van der Waals surface area (Å²) in [6.45, 7) is 1.72. The number of hydrogen-bond donors (Lipinski definition) is 1. The summed E-state index contributed by atoms with van der Waals surface area (Å²) in [6.07, 6.45) is 0. The first-order valence-electron chi connectivity index (χ1n) is 7.32. The second-order valence-electron chi connectivity index (χ2n) is 5.29. The van der Waals surface area contributed by atoms with Gasteiger partial charge >= 0.3 is 0 Å². The minimum Gasteiger partial charge on any atom is -0.352 e. The molecule has 3 nitrogen and oxygen atoms in total. The molecule has 0 amide bonds. The van der Waals surface area contributed by atoms with Crippen molar-refractivity contribution >= 4 is 16.9 Å². The van der Waals surface area contributed by atoms with Crippen molar-refractivity contribution in [2.75, 3.05) is 13.3 Å². The number of nitrogens with zero attached hydrogens (tertiary/aromatic N) is 2. The van der Waals surface area contributed by atoms with E-state index in [-0.39, 0.29) is 0 Å². The average Bonchev–Trinajstić information content (AvgIpc) is 2.58. The lowest BCUT2D eigenvalue weighted by atomic mass is 10.2. The highest BCUT2D eigenvalue weighted by Crippen LogP contribution is 2.16. The summed E-state index contributed by atoms with van der Waals surface area (Å²) in [5.41, 5.74) is 1.99. The molecule has 1 N–H and O–H groups in total. The van der Waals surface area contributed by atoms with Crippen LogP contribution in [0.4, 0.5) is 8.78 Å². The molecule has 0 fully saturated rings. The van der Waals surface area contributed by atoms with E-state index < -0.39 is 11.6 Å². The van der Waals surface area contributed by atoms with Crippen LogP contribution >= 0.6 is 11.8 Å². The molecule has 3 rings (SSSR count). The number of hydrogen-bond acceptors (Lipinski definition) is 4. The number of aliphatic imine (C=N–C) groups is 1. The minimum absolute atomic E-state index is 0.532. The Morgan fingerprint density at radius 3 is 2.57 bits per heavy atom. The first kappa shape index (κ1) is 16.0. The van der Waals surface area contributed by atoms with Crippen molar-refractivity contribution in [1.29, 1.82) is 0 Å². The van der Waals surface area contributed by atoms with Crippen molar-refractivity contribution in [3.63, 3.8) is 0 Å². The summed E-state index contributed by atoms with van der Waals surface area (Å²) in [5.74, 6) is -0.756. The highest BCUT2D eigenvalue weighted by molar-refractivity contribution is 8.13. The fraction of sp³-hybridized carbons (Fsp3) is 0.235. The first-order valence-corrected chi connectivity index (χ1v) is 8.30. The summed E-state index contributed by atoms with van der Waals surface area (Å²) in [5, 5.41) is 4.17. The largest absolute Gasteiger partial charge is 0.352 e. The van der Waals surface area contributed by atoms with E-state index in [1.807, 2.05) is 23.1 Å². The molecule has 0 aromatic heterocycles. The molecule has 0 saturated carbocycles. The zero-order chi connectivity index (χ0) is 16.1. The molecule has 23 heavy (non-hydrogen) atoms. The van der Waals surface area contributed by atoms with Crippen LogP contribution < -0.4 is 5.32 Å². The van der Waals surface area contributed by atoms with Gasteiger partial charge in [0.15, 0.2) is 16.8 Å². The lowest BCUT2D eigenvalue weighted by Gasteiger charge is -2.26. The Hall–Kier alpha value is -1.92. The van der Waals surface area contributed by atoms with Crippen LogP contribution in [0.25, 0.3) is 0 Å². The predicted molar refractivity (Wildman–Crippen MR) is 89.9 cm³/mol. The van der Waals surface area contributed by atoms with Crippen molar-refractivity contribution in [3.8, 4) is 0 Å². The minimum atomic E-state index is -0.817. The molecule has 120 valence electrons. The Morgan fingerprint density at radius 2 is 1.87 bits per heavy atom. The van der Waals surface area contributed by atoms with Crippen molar-refractivity contribution in [3.05, 3.63) is 71.3 Å². The summed E-state index contributed by atoms with van der Waals surface area (Å²) < 4.78 is 26.1. The molecule has 0 unspecified atom stereocenters. The van der Waals surface area contributed by atoms with Crippen LogP contribution in [0.15, 0.2) is 53.5 Å². The highest BCUT2D eigenvalue weighted by atomic mass is 32.2. The van der Waals surface area contributed by atoms with Gasteiger partial charge in [-0.15, -0.1) is 0 Å². The van der Waals surface area contributed by atoms with Crippen molar-refractivity contribution in [2.24, 2.45) is 4.99 Å². The normalized spacial score (nSPS) is 15.1. The van der Waals surface area contributed by atoms with E-state index in [1.54, 1.807) is 17.8 Å². The molecular formula is C17H17F2N3S. The Labute approximate surface area is 138 Å². The summed E-state index contributed by atoms with van der Waals surface area (Å²) in [7, 11) is 0. The molecule has 0 spiro atoms. The lowest BCUT2D eigenvalue weighted by Crippen LogP contribution is -2.41. The van der Waals surface area contributed by atoms with Crippen LogP contribution in [0.5, 0.6) is 0 Å². The van der Waals surface area contributed by atoms with Gasteiger partial charge in [0.1, 0.15) is 0 Å². The van der Waals surface area contributed by atoms with Gasteiger partial charge in [0.2, 0.25) is 0 Å². The second-order valence-corrected chi connectivity index (χ2v) is 6.26. The summed E-state index contributed by atoms with van der Waals surface area (Å²) in [4.78, 5) is 6.52. The van der Waals surface area contributed by atoms with Crippen molar-refractivity contribution in [1.82, 2.24) is 10.2 Å². The van der Waals surface area contributed by atoms with Gasteiger partial charge in [-0.1, -0.05) is 48.2 Å². The third-order valence-electron chi connectivity index (χ3n) is 3.48. The monoisotopic (exact) mass is 333 g/mol. The van der Waals surface area contributed by atoms with Crippen LogP contribution in [-0.2, 0) is 12.3 Å². The van der Waals surface area contributed by atoms with E-state index in [0.717, 1.165) is 22.6 Å². The molecule has 0 saturated heterocycles. The number of benzene rings is 2. The van der Waals surface area contributed by atoms with Gasteiger partial charge in [-0.3, -0.25) is 4.90 Å². The van der Waals surface area contributed by atoms with Crippen molar-refractivity contribution in [2.45, 2.75) is 12.3 Å². The van der Waals surface area contributed by atoms with Crippen LogP contribution in [0.2, 0.25) is 0 Å². The van der Waals surface area contributed by atoms with E-state index >= 15 is 0 Å². The predicted octanol–water partition coefficient (Wildman–Crippen LogP) is 3.57. The van der Waals surface area contributed by atoms with Gasteiger partial charge in [0, 0.05) is 12.3 Å². The molecule has 0 radical (unpaired) electrons. The number of thioether (sulfide) groups is 1. The molecule has 0 atom stereocenters. The second kappa shape index (κ2) is 7.57. The summed E-state index contributed by atoms with van der Waals surface area (Å²) >= 11 is 1.67. The fourth-order valence-corrected chi connectivity index (χ4v) is 3.09. The Bertz CT molecular complexity index is 691. The average molecular weight is 333 g/mol. The van der Waals surface area contributed by atoms with Crippen LogP contribution in [-0.4, -0.2) is 23.4 Å². The van der Waals surface area contributed by atoms with Crippen molar-refractivity contribution < 1.29 is 8.78 Å². The molecule has 2 aromatic rings. The molecule has 0 bridgehead atoms. The van der Waals surface area contributed by atoms with Gasteiger partial charge in [0.05, 0.1) is 13.3 Å².